The van der Waals surface area contributed by atoms with E-state index in [-0.39, 0.29) is 6.42 Å². The first-order valence-electron chi connectivity index (χ1n) is 4.39. The number of aliphatic carboxylic acids is 2. The van der Waals surface area contributed by atoms with Crippen molar-refractivity contribution in [2.24, 2.45) is 11.5 Å². The highest BCUT2D eigenvalue weighted by Gasteiger charge is 2.12. The Bertz CT molecular complexity index is 208. The summed E-state index contributed by atoms with van der Waals surface area (Å²) in [5.74, 6) is -1.99. The number of hydrogen-bond acceptors (Lipinski definition) is 4. The van der Waals surface area contributed by atoms with E-state index >= 15 is 0 Å². The predicted octanol–water partition coefficient (Wildman–Crippen LogP) is -0.629. The molecule has 0 bridgehead atoms. The van der Waals surface area contributed by atoms with E-state index in [1.54, 1.807) is 0 Å². The Morgan fingerprint density at radius 1 is 1.14 bits per heavy atom. The monoisotopic (exact) mass is 204 g/mol. The maximum Gasteiger partial charge on any atom is 0.320 e. The van der Waals surface area contributed by atoms with Crippen molar-refractivity contribution in [1.29, 1.82) is 0 Å². The van der Waals surface area contributed by atoms with Gasteiger partial charge in [-0.05, 0) is 19.3 Å². The van der Waals surface area contributed by atoms with Crippen molar-refractivity contribution in [1.82, 2.24) is 0 Å². The molecule has 0 heterocycles. The summed E-state index contributed by atoms with van der Waals surface area (Å²) in [6.07, 6.45) is 1.24. The lowest BCUT2D eigenvalue weighted by Gasteiger charge is -2.09. The van der Waals surface area contributed by atoms with Gasteiger partial charge < -0.3 is 21.7 Å². The zero-order valence-corrected chi connectivity index (χ0v) is 7.85. The summed E-state index contributed by atoms with van der Waals surface area (Å²) in [5, 5.41) is 16.8. The maximum atomic E-state index is 10.3. The van der Waals surface area contributed by atoms with Gasteiger partial charge in [0.25, 0.3) is 0 Å². The van der Waals surface area contributed by atoms with Crippen LogP contribution in [0.25, 0.3) is 0 Å². The molecule has 14 heavy (non-hydrogen) atoms. The highest BCUT2D eigenvalue weighted by Crippen LogP contribution is 2.04. The molecule has 82 valence electrons. The molecular weight excluding hydrogens is 188 g/mol. The third-order valence-electron chi connectivity index (χ3n) is 1.84. The molecule has 2 atom stereocenters. The molecule has 0 saturated heterocycles. The van der Waals surface area contributed by atoms with Crippen molar-refractivity contribution in [3.05, 3.63) is 0 Å². The van der Waals surface area contributed by atoms with Gasteiger partial charge in [-0.1, -0.05) is 0 Å². The molecule has 0 aliphatic carbocycles. The van der Waals surface area contributed by atoms with E-state index in [1.807, 2.05) is 0 Å². The van der Waals surface area contributed by atoms with Gasteiger partial charge >= 0.3 is 11.9 Å². The van der Waals surface area contributed by atoms with Gasteiger partial charge in [0.1, 0.15) is 6.04 Å². The van der Waals surface area contributed by atoms with Crippen LogP contribution >= 0.6 is 0 Å². The quantitative estimate of drug-likeness (QED) is 0.437. The second-order valence-corrected chi connectivity index (χ2v) is 3.23. The number of carboxylic acid groups (broad SMARTS) is 2. The molecule has 6 nitrogen and oxygen atoms in total. The smallest absolute Gasteiger partial charge is 0.320 e. The van der Waals surface area contributed by atoms with E-state index in [9.17, 15) is 9.59 Å². The van der Waals surface area contributed by atoms with Gasteiger partial charge in [-0.25, -0.2) is 0 Å². The van der Waals surface area contributed by atoms with Crippen LogP contribution in [0.1, 0.15) is 25.7 Å². The third kappa shape index (κ3) is 6.38. The first-order valence-corrected chi connectivity index (χ1v) is 4.39. The summed E-state index contributed by atoms with van der Waals surface area (Å²) in [4.78, 5) is 20.5. The Morgan fingerprint density at radius 3 is 2.14 bits per heavy atom. The molecule has 0 amide bonds. The molecule has 6 heteroatoms. The molecule has 0 saturated carbocycles. The number of carbonyl (C=O) groups is 2. The average molecular weight is 204 g/mol. The van der Waals surface area contributed by atoms with E-state index in [4.69, 9.17) is 21.7 Å². The standard InChI is InChI=1S/C8H16N2O4/c9-5(4-7(11)12)2-1-3-6(10)8(13)14/h5-6H,1-4,9-10H2,(H,11,12)(H,13,14)/t5?,6-/m0/s1. The molecular formula is C8H16N2O4. The molecule has 0 rings (SSSR count). The molecule has 1 unspecified atom stereocenters. The zero-order valence-electron chi connectivity index (χ0n) is 7.85. The second kappa shape index (κ2) is 6.33. The fourth-order valence-electron chi connectivity index (χ4n) is 1.05. The Labute approximate surface area is 81.9 Å². The topological polar surface area (TPSA) is 127 Å². The molecule has 0 aromatic rings. The molecule has 0 spiro atoms. The first-order chi connectivity index (χ1) is 6.43. The van der Waals surface area contributed by atoms with Gasteiger partial charge in [-0.2, -0.15) is 0 Å². The van der Waals surface area contributed by atoms with Crippen molar-refractivity contribution in [2.75, 3.05) is 0 Å². The molecule has 0 aliphatic rings. The summed E-state index contributed by atoms with van der Waals surface area (Å²) in [7, 11) is 0. The van der Waals surface area contributed by atoms with Crippen LogP contribution in [0.15, 0.2) is 0 Å². The average Bonchev–Trinajstić information content (AvgIpc) is 2.02. The minimum atomic E-state index is -1.04. The minimum Gasteiger partial charge on any atom is -0.481 e. The fourth-order valence-corrected chi connectivity index (χ4v) is 1.05. The van der Waals surface area contributed by atoms with E-state index in [2.05, 4.69) is 0 Å². The van der Waals surface area contributed by atoms with Crippen LogP contribution in [0.2, 0.25) is 0 Å². The zero-order chi connectivity index (χ0) is 11.1. The van der Waals surface area contributed by atoms with Crippen LogP contribution in [0.5, 0.6) is 0 Å². The van der Waals surface area contributed by atoms with Gasteiger partial charge in [0.05, 0.1) is 6.42 Å². The number of nitrogens with two attached hydrogens (primary N) is 2. The van der Waals surface area contributed by atoms with Crippen LogP contribution < -0.4 is 11.5 Å². The molecule has 0 aliphatic heterocycles. The largest absolute Gasteiger partial charge is 0.481 e. The molecule has 0 radical (unpaired) electrons. The highest BCUT2D eigenvalue weighted by atomic mass is 16.4. The summed E-state index contributed by atoms with van der Waals surface area (Å²) in [6, 6.07) is -1.31. The first kappa shape index (κ1) is 12.9. The lowest BCUT2D eigenvalue weighted by atomic mass is 10.0. The summed E-state index contributed by atoms with van der Waals surface area (Å²) >= 11 is 0. The van der Waals surface area contributed by atoms with E-state index in [1.165, 1.54) is 0 Å². The van der Waals surface area contributed by atoms with Crippen molar-refractivity contribution >= 4 is 11.9 Å². The van der Waals surface area contributed by atoms with E-state index in [0.29, 0.717) is 19.3 Å². The Kier molecular flexibility index (Phi) is 5.82. The van der Waals surface area contributed by atoms with E-state index in [0.717, 1.165) is 0 Å². The summed E-state index contributed by atoms with van der Waals surface area (Å²) < 4.78 is 0. The van der Waals surface area contributed by atoms with E-state index < -0.39 is 24.0 Å². The number of rotatable bonds is 7. The molecule has 0 aromatic heterocycles. The lowest BCUT2D eigenvalue weighted by Crippen LogP contribution is -2.31. The van der Waals surface area contributed by atoms with Gasteiger partial charge in [0, 0.05) is 6.04 Å². The van der Waals surface area contributed by atoms with Crippen molar-refractivity contribution in [3.8, 4) is 0 Å². The predicted molar refractivity (Wildman–Crippen MR) is 49.7 cm³/mol. The van der Waals surface area contributed by atoms with Gasteiger partial charge in [-0.15, -0.1) is 0 Å². The van der Waals surface area contributed by atoms with Crippen LogP contribution in [-0.4, -0.2) is 34.2 Å². The van der Waals surface area contributed by atoms with Gasteiger partial charge in [0.2, 0.25) is 0 Å². The number of carboxylic acids is 2. The van der Waals surface area contributed by atoms with Crippen LogP contribution in [-0.2, 0) is 9.59 Å². The van der Waals surface area contributed by atoms with Crippen LogP contribution in [0.4, 0.5) is 0 Å². The van der Waals surface area contributed by atoms with Gasteiger partial charge in [-0.3, -0.25) is 9.59 Å². The number of hydrogen-bond donors (Lipinski definition) is 4. The third-order valence-corrected chi connectivity index (χ3v) is 1.84. The normalized spacial score (nSPS) is 14.7. The fraction of sp³-hybridized carbons (Fsp3) is 0.750. The molecule has 6 N–H and O–H groups in total. The Hall–Kier alpha value is -1.14. The molecule has 0 aromatic carbocycles. The Balaban J connectivity index is 3.53. The van der Waals surface area contributed by atoms with Gasteiger partial charge in [0.15, 0.2) is 0 Å². The summed E-state index contributed by atoms with van der Waals surface area (Å²) in [6.45, 7) is 0. The molecule has 0 fully saturated rings. The summed E-state index contributed by atoms with van der Waals surface area (Å²) in [5.41, 5.74) is 10.7. The Morgan fingerprint density at radius 2 is 1.71 bits per heavy atom. The second-order valence-electron chi connectivity index (χ2n) is 3.23. The SMILES string of the molecule is NC(CCC[C@H](N)C(=O)O)CC(=O)O. The minimum absolute atomic E-state index is 0.0949. The maximum absolute atomic E-state index is 10.3. The lowest BCUT2D eigenvalue weighted by molar-refractivity contribution is -0.139. The van der Waals surface area contributed by atoms with Crippen molar-refractivity contribution < 1.29 is 19.8 Å². The van der Waals surface area contributed by atoms with Crippen LogP contribution in [0.3, 0.4) is 0 Å². The highest BCUT2D eigenvalue weighted by molar-refractivity contribution is 5.72. The van der Waals surface area contributed by atoms with Crippen molar-refractivity contribution in [2.45, 2.75) is 37.8 Å². The van der Waals surface area contributed by atoms with Crippen molar-refractivity contribution in [3.63, 3.8) is 0 Å². The van der Waals surface area contributed by atoms with Crippen LogP contribution in [0, 0.1) is 0 Å².